The molecular formula is C42H75O10P. The molecule has 53 heavy (non-hydrogen) atoms. The first kappa shape index (κ1) is 50.9. The van der Waals surface area contributed by atoms with Crippen LogP contribution in [0, 0.1) is 0 Å². The van der Waals surface area contributed by atoms with Gasteiger partial charge in [-0.15, -0.1) is 0 Å². The number of hydrogen-bond donors (Lipinski definition) is 3. The molecule has 0 saturated carbocycles. The van der Waals surface area contributed by atoms with Gasteiger partial charge in [0, 0.05) is 12.8 Å². The molecule has 1 unspecified atom stereocenters. The molecule has 0 bridgehead atoms. The Morgan fingerprint density at radius 3 is 1.51 bits per heavy atom. The summed E-state index contributed by atoms with van der Waals surface area (Å²) in [5.74, 6) is -0.963. The largest absolute Gasteiger partial charge is 0.472 e. The molecule has 11 heteroatoms. The van der Waals surface area contributed by atoms with Crippen molar-refractivity contribution in [2.45, 2.75) is 180 Å². The Hall–Kier alpha value is -2.07. The van der Waals surface area contributed by atoms with Gasteiger partial charge in [-0.25, -0.2) is 4.57 Å². The summed E-state index contributed by atoms with van der Waals surface area (Å²) in [6.45, 7) is 2.29. The molecule has 0 saturated heterocycles. The maximum Gasteiger partial charge on any atom is 0.472 e. The van der Waals surface area contributed by atoms with E-state index in [4.69, 9.17) is 19.1 Å². The molecule has 3 N–H and O–H groups in total. The molecular weight excluding hydrogens is 695 g/mol. The summed E-state index contributed by atoms with van der Waals surface area (Å²) in [6, 6.07) is 0. The average Bonchev–Trinajstić information content (AvgIpc) is 3.14. The Balaban J connectivity index is 4.36. The summed E-state index contributed by atoms with van der Waals surface area (Å²) in [7, 11) is -4.62. The second-order valence-corrected chi connectivity index (χ2v) is 15.1. The fourth-order valence-corrected chi connectivity index (χ4v) is 6.06. The molecule has 0 aliphatic heterocycles. The minimum Gasteiger partial charge on any atom is -0.462 e. The van der Waals surface area contributed by atoms with Gasteiger partial charge in [-0.3, -0.25) is 18.6 Å². The minimum absolute atomic E-state index is 0.177. The van der Waals surface area contributed by atoms with E-state index in [1.807, 2.05) is 0 Å². The van der Waals surface area contributed by atoms with Crippen molar-refractivity contribution in [1.29, 1.82) is 0 Å². The van der Waals surface area contributed by atoms with Crippen molar-refractivity contribution in [2.24, 2.45) is 0 Å². The SMILES string of the molecule is CCCCC/C=C\C/C=C\C/C=C\C/C=C\CCCCCC(=O)OC[C@H](COP(=O)(O)OC[C@@H](O)CO)OC(=O)CCCCCCCCCCCCC. The summed E-state index contributed by atoms with van der Waals surface area (Å²) in [5, 5.41) is 18.3. The highest BCUT2D eigenvalue weighted by Crippen LogP contribution is 2.43. The molecule has 0 aromatic heterocycles. The van der Waals surface area contributed by atoms with Crippen LogP contribution in [0.25, 0.3) is 0 Å². The van der Waals surface area contributed by atoms with Crippen LogP contribution in [0.2, 0.25) is 0 Å². The van der Waals surface area contributed by atoms with E-state index in [-0.39, 0.29) is 19.4 Å². The van der Waals surface area contributed by atoms with Crippen molar-refractivity contribution in [3.8, 4) is 0 Å². The normalized spacial score (nSPS) is 14.4. The Morgan fingerprint density at radius 2 is 0.981 bits per heavy atom. The van der Waals surface area contributed by atoms with Crippen LogP contribution in [0.1, 0.15) is 168 Å². The molecule has 0 fully saturated rings. The van der Waals surface area contributed by atoms with Crippen molar-refractivity contribution in [2.75, 3.05) is 26.4 Å². The monoisotopic (exact) mass is 771 g/mol. The second kappa shape index (κ2) is 38.2. The fraction of sp³-hybridized carbons (Fsp3) is 0.762. The summed E-state index contributed by atoms with van der Waals surface area (Å²) in [6.07, 6.45) is 39.4. The maximum atomic E-state index is 12.5. The van der Waals surface area contributed by atoms with Gasteiger partial charge in [0.25, 0.3) is 0 Å². The molecule has 0 aliphatic carbocycles. The van der Waals surface area contributed by atoms with E-state index in [9.17, 15) is 24.2 Å². The van der Waals surface area contributed by atoms with Crippen molar-refractivity contribution in [1.82, 2.24) is 0 Å². The van der Waals surface area contributed by atoms with Crippen LogP contribution in [0.3, 0.4) is 0 Å². The average molecular weight is 771 g/mol. The smallest absolute Gasteiger partial charge is 0.462 e. The van der Waals surface area contributed by atoms with Crippen molar-refractivity contribution in [3.05, 3.63) is 48.6 Å². The van der Waals surface area contributed by atoms with Crippen LogP contribution in [-0.2, 0) is 32.7 Å². The van der Waals surface area contributed by atoms with E-state index in [1.165, 1.54) is 70.6 Å². The summed E-state index contributed by atoms with van der Waals surface area (Å²) in [4.78, 5) is 34.9. The zero-order valence-electron chi connectivity index (χ0n) is 33.2. The second-order valence-electron chi connectivity index (χ2n) is 13.7. The van der Waals surface area contributed by atoms with Crippen LogP contribution in [0.5, 0.6) is 0 Å². The van der Waals surface area contributed by atoms with Gasteiger partial charge in [0.2, 0.25) is 0 Å². The number of carbonyl (C=O) groups excluding carboxylic acids is 2. The van der Waals surface area contributed by atoms with E-state index in [0.29, 0.717) is 12.8 Å². The highest BCUT2D eigenvalue weighted by Gasteiger charge is 2.27. The van der Waals surface area contributed by atoms with Crippen molar-refractivity contribution < 1.29 is 47.8 Å². The third-order valence-corrected chi connectivity index (χ3v) is 9.44. The first-order valence-corrected chi connectivity index (χ1v) is 22.1. The van der Waals surface area contributed by atoms with Gasteiger partial charge >= 0.3 is 19.8 Å². The predicted octanol–water partition coefficient (Wildman–Crippen LogP) is 10.6. The molecule has 0 aromatic rings. The highest BCUT2D eigenvalue weighted by molar-refractivity contribution is 7.47. The highest BCUT2D eigenvalue weighted by atomic mass is 31.2. The minimum atomic E-state index is -4.62. The lowest BCUT2D eigenvalue weighted by atomic mass is 10.1. The van der Waals surface area contributed by atoms with Gasteiger partial charge in [-0.1, -0.05) is 146 Å². The van der Waals surface area contributed by atoms with Crippen LogP contribution in [-0.4, -0.2) is 65.7 Å². The van der Waals surface area contributed by atoms with Gasteiger partial charge in [0.05, 0.1) is 19.8 Å². The van der Waals surface area contributed by atoms with Crippen LogP contribution in [0.4, 0.5) is 0 Å². The molecule has 3 atom stereocenters. The van der Waals surface area contributed by atoms with Crippen molar-refractivity contribution in [3.63, 3.8) is 0 Å². The molecule has 0 spiro atoms. The standard InChI is InChI=1S/C42H75O10P/c1-3-5-7-9-11-13-15-16-17-18-19-20-21-22-24-25-27-29-31-33-41(45)49-37-40(38-51-53(47,48)50-36-39(44)35-43)52-42(46)34-32-30-28-26-23-14-12-10-8-6-4-2/h11,13,16-17,19-20,22,24,39-40,43-44H,3-10,12,14-15,18,21,23,25-38H2,1-2H3,(H,47,48)/b13-11-,17-16-,20-19-,24-22-/t39-,40+/m0/s1. The molecule has 0 rings (SSSR count). The van der Waals surface area contributed by atoms with E-state index in [2.05, 4.69) is 67.0 Å². The maximum absolute atomic E-state index is 12.5. The zero-order chi connectivity index (χ0) is 39.1. The summed E-state index contributed by atoms with van der Waals surface area (Å²) in [5.41, 5.74) is 0. The third kappa shape index (κ3) is 38.0. The first-order chi connectivity index (χ1) is 25.7. The molecule has 0 amide bonds. The van der Waals surface area contributed by atoms with Gasteiger partial charge in [0.15, 0.2) is 6.10 Å². The molecule has 10 nitrogen and oxygen atoms in total. The van der Waals surface area contributed by atoms with E-state index < -0.39 is 51.8 Å². The van der Waals surface area contributed by atoms with Crippen LogP contribution >= 0.6 is 7.82 Å². The van der Waals surface area contributed by atoms with Crippen molar-refractivity contribution >= 4 is 19.8 Å². The summed E-state index contributed by atoms with van der Waals surface area (Å²) >= 11 is 0. The number of ether oxygens (including phenoxy) is 2. The molecule has 0 aromatic carbocycles. The molecule has 0 radical (unpaired) electrons. The Morgan fingerprint density at radius 1 is 0.566 bits per heavy atom. The Bertz CT molecular complexity index is 1030. The van der Waals surface area contributed by atoms with Crippen LogP contribution in [0.15, 0.2) is 48.6 Å². The number of allylic oxidation sites excluding steroid dienone is 8. The number of aliphatic hydroxyl groups excluding tert-OH is 2. The number of aliphatic hydroxyl groups is 2. The van der Waals surface area contributed by atoms with E-state index in [1.54, 1.807) is 0 Å². The number of phosphoric ester groups is 1. The molecule has 0 heterocycles. The van der Waals surface area contributed by atoms with Gasteiger partial charge in [-0.2, -0.15) is 0 Å². The molecule has 308 valence electrons. The Labute approximate surface area is 322 Å². The van der Waals surface area contributed by atoms with E-state index in [0.717, 1.165) is 57.8 Å². The molecule has 0 aliphatic rings. The topological polar surface area (TPSA) is 149 Å². The lowest BCUT2D eigenvalue weighted by molar-refractivity contribution is -0.161. The van der Waals surface area contributed by atoms with Gasteiger partial charge in [0.1, 0.15) is 12.7 Å². The fourth-order valence-electron chi connectivity index (χ4n) is 5.27. The lowest BCUT2D eigenvalue weighted by Gasteiger charge is -2.20. The predicted molar refractivity (Wildman–Crippen MR) is 214 cm³/mol. The first-order valence-electron chi connectivity index (χ1n) is 20.6. The number of esters is 2. The lowest BCUT2D eigenvalue weighted by Crippen LogP contribution is -2.29. The van der Waals surface area contributed by atoms with Gasteiger partial charge in [-0.05, 0) is 57.8 Å². The quantitative estimate of drug-likeness (QED) is 0.0240. The van der Waals surface area contributed by atoms with Crippen LogP contribution < -0.4 is 0 Å². The number of carbonyl (C=O) groups is 2. The number of hydrogen-bond acceptors (Lipinski definition) is 9. The summed E-state index contributed by atoms with van der Waals surface area (Å²) < 4.78 is 32.6. The Kier molecular flexibility index (Phi) is 36.7. The number of rotatable bonds is 38. The number of phosphoric acid groups is 1. The van der Waals surface area contributed by atoms with Gasteiger partial charge < -0.3 is 24.6 Å². The number of unbranched alkanes of at least 4 members (excludes halogenated alkanes) is 16. The van der Waals surface area contributed by atoms with E-state index >= 15 is 0 Å². The zero-order valence-corrected chi connectivity index (χ0v) is 34.1. The third-order valence-electron chi connectivity index (χ3n) is 8.49.